The van der Waals surface area contributed by atoms with Gasteiger partial charge < -0.3 is 10.2 Å². The van der Waals surface area contributed by atoms with E-state index in [0.717, 1.165) is 37.1 Å². The van der Waals surface area contributed by atoms with E-state index in [0.29, 0.717) is 12.0 Å². The number of fused-ring (bicyclic) bond motifs is 1. The van der Waals surface area contributed by atoms with Crippen LogP contribution in [-0.2, 0) is 6.54 Å². The third kappa shape index (κ3) is 4.11. The number of piperidine rings is 1. The van der Waals surface area contributed by atoms with Crippen LogP contribution in [0.5, 0.6) is 0 Å². The van der Waals surface area contributed by atoms with Gasteiger partial charge in [0.25, 0.3) is 0 Å². The first-order valence-electron chi connectivity index (χ1n) is 9.47. The van der Waals surface area contributed by atoms with Gasteiger partial charge in [0.2, 0.25) is 0 Å². The Bertz CT molecular complexity index is 718. The van der Waals surface area contributed by atoms with E-state index in [1.165, 1.54) is 25.7 Å². The molecule has 0 bridgehead atoms. The molecule has 0 radical (unpaired) electrons. The Morgan fingerprint density at radius 3 is 3.00 bits per heavy atom. The Hall–Kier alpha value is -2.11. The molecular formula is C19H30N6. The highest BCUT2D eigenvalue weighted by Gasteiger charge is 2.31. The molecular weight excluding hydrogens is 312 g/mol. The van der Waals surface area contributed by atoms with E-state index in [1.54, 1.807) is 0 Å². The summed E-state index contributed by atoms with van der Waals surface area (Å²) in [5, 5.41) is 12.0. The van der Waals surface area contributed by atoms with Gasteiger partial charge in [-0.15, -0.1) is 10.2 Å². The van der Waals surface area contributed by atoms with Gasteiger partial charge in [-0.3, -0.25) is 4.40 Å². The van der Waals surface area contributed by atoms with Gasteiger partial charge in [-0.1, -0.05) is 26.3 Å². The molecule has 0 saturated carbocycles. The molecule has 2 aromatic rings. The zero-order valence-corrected chi connectivity index (χ0v) is 15.7. The maximum Gasteiger partial charge on any atom is 0.194 e. The number of nitrogens with zero attached hydrogens (tertiary/aromatic N) is 5. The Balaban J connectivity index is 1.77. The summed E-state index contributed by atoms with van der Waals surface area (Å²) in [6.07, 6.45) is 7.05. The van der Waals surface area contributed by atoms with Crippen LogP contribution in [0, 0.1) is 5.41 Å². The van der Waals surface area contributed by atoms with Crippen LogP contribution >= 0.6 is 0 Å². The summed E-state index contributed by atoms with van der Waals surface area (Å²) in [6.45, 7) is 10.4. The van der Waals surface area contributed by atoms with Crippen molar-refractivity contribution >= 4 is 11.6 Å². The highest BCUT2D eigenvalue weighted by Crippen LogP contribution is 2.33. The van der Waals surface area contributed by atoms with Crippen molar-refractivity contribution in [3.63, 3.8) is 0 Å². The van der Waals surface area contributed by atoms with Crippen LogP contribution < -0.4 is 5.32 Å². The molecule has 3 rings (SSSR count). The Morgan fingerprint density at radius 2 is 2.20 bits per heavy atom. The highest BCUT2D eigenvalue weighted by atomic mass is 15.3. The first-order valence-corrected chi connectivity index (χ1v) is 9.47. The predicted octanol–water partition coefficient (Wildman–Crippen LogP) is 3.10. The Kier molecular flexibility index (Phi) is 5.56. The van der Waals surface area contributed by atoms with Crippen LogP contribution in [-0.4, -0.2) is 45.1 Å². The van der Waals surface area contributed by atoms with Gasteiger partial charge in [-0.25, -0.2) is 4.99 Å². The van der Waals surface area contributed by atoms with Crippen LogP contribution in [0.15, 0.2) is 29.4 Å². The van der Waals surface area contributed by atoms with Crippen LogP contribution in [0.2, 0.25) is 0 Å². The second-order valence-electron chi connectivity index (χ2n) is 7.30. The molecule has 3 heterocycles. The third-order valence-electron chi connectivity index (χ3n) is 5.02. The van der Waals surface area contributed by atoms with Crippen molar-refractivity contribution in [3.05, 3.63) is 30.2 Å². The summed E-state index contributed by atoms with van der Waals surface area (Å²) in [5.74, 6) is 1.87. The van der Waals surface area contributed by atoms with Gasteiger partial charge in [-0.05, 0) is 43.7 Å². The zero-order chi connectivity index (χ0) is 17.7. The molecule has 25 heavy (non-hydrogen) atoms. The lowest BCUT2D eigenvalue weighted by molar-refractivity contribution is 0.142. The highest BCUT2D eigenvalue weighted by molar-refractivity contribution is 5.80. The molecule has 1 fully saturated rings. The fourth-order valence-electron chi connectivity index (χ4n) is 3.87. The zero-order valence-electron chi connectivity index (χ0n) is 15.7. The number of aliphatic imine (C=N–C) groups is 1. The minimum Gasteiger partial charge on any atom is -0.357 e. The van der Waals surface area contributed by atoms with Gasteiger partial charge in [-0.2, -0.15) is 0 Å². The molecule has 0 aromatic carbocycles. The van der Waals surface area contributed by atoms with Gasteiger partial charge >= 0.3 is 0 Å². The summed E-state index contributed by atoms with van der Waals surface area (Å²) < 4.78 is 2.00. The summed E-state index contributed by atoms with van der Waals surface area (Å²) in [4.78, 5) is 7.29. The number of nitrogens with one attached hydrogen (secondary N) is 1. The molecule has 136 valence electrons. The summed E-state index contributed by atoms with van der Waals surface area (Å²) in [7, 11) is 0. The fraction of sp³-hybridized carbons (Fsp3) is 0.632. The van der Waals surface area contributed by atoms with Gasteiger partial charge in [0.05, 0.1) is 0 Å². The largest absolute Gasteiger partial charge is 0.357 e. The van der Waals surface area contributed by atoms with E-state index in [-0.39, 0.29) is 0 Å². The number of hydrogen-bond acceptors (Lipinski definition) is 3. The quantitative estimate of drug-likeness (QED) is 0.670. The number of pyridine rings is 1. The van der Waals surface area contributed by atoms with Crippen LogP contribution in [0.3, 0.4) is 0 Å². The topological polar surface area (TPSA) is 57.8 Å². The first-order chi connectivity index (χ1) is 12.1. The van der Waals surface area contributed by atoms with E-state index in [1.807, 2.05) is 28.8 Å². The lowest BCUT2D eigenvalue weighted by Gasteiger charge is -2.42. The third-order valence-corrected chi connectivity index (χ3v) is 5.02. The molecule has 6 heteroatoms. The van der Waals surface area contributed by atoms with Crippen molar-refractivity contribution in [3.8, 4) is 0 Å². The lowest BCUT2D eigenvalue weighted by Crippen LogP contribution is -2.49. The molecule has 1 N–H and O–H groups in total. The van der Waals surface area contributed by atoms with E-state index >= 15 is 0 Å². The molecule has 1 aliphatic rings. The molecule has 0 amide bonds. The monoisotopic (exact) mass is 342 g/mol. The summed E-state index contributed by atoms with van der Waals surface area (Å²) >= 11 is 0. The van der Waals surface area contributed by atoms with E-state index in [4.69, 9.17) is 4.99 Å². The number of aromatic nitrogens is 3. The van der Waals surface area contributed by atoms with Crippen LogP contribution in [0.25, 0.3) is 5.65 Å². The number of guanidine groups is 1. The number of hydrogen-bond donors (Lipinski definition) is 1. The van der Waals surface area contributed by atoms with E-state index in [9.17, 15) is 0 Å². The molecule has 0 aliphatic carbocycles. The molecule has 6 nitrogen and oxygen atoms in total. The van der Waals surface area contributed by atoms with Crippen molar-refractivity contribution in [2.75, 3.05) is 19.6 Å². The van der Waals surface area contributed by atoms with Crippen LogP contribution in [0.4, 0.5) is 0 Å². The average Bonchev–Trinajstić information content (AvgIpc) is 3.02. The molecule has 2 aromatic heterocycles. The second-order valence-corrected chi connectivity index (χ2v) is 7.30. The lowest BCUT2D eigenvalue weighted by atomic mass is 9.78. The molecule has 0 spiro atoms. The molecule has 1 aliphatic heterocycles. The average molecular weight is 342 g/mol. The minimum absolute atomic E-state index is 0.394. The van der Waals surface area contributed by atoms with E-state index in [2.05, 4.69) is 41.2 Å². The maximum atomic E-state index is 4.86. The first kappa shape index (κ1) is 17.7. The van der Waals surface area contributed by atoms with E-state index < -0.39 is 0 Å². The normalized spacial score (nSPS) is 21.7. The van der Waals surface area contributed by atoms with Crippen molar-refractivity contribution < 1.29 is 0 Å². The second kappa shape index (κ2) is 7.85. The molecule has 1 unspecified atom stereocenters. The van der Waals surface area contributed by atoms with Crippen molar-refractivity contribution in [2.45, 2.75) is 53.0 Å². The molecule has 1 atom stereocenters. The van der Waals surface area contributed by atoms with Gasteiger partial charge in [0.1, 0.15) is 6.54 Å². The van der Waals surface area contributed by atoms with Gasteiger partial charge in [0, 0.05) is 25.8 Å². The minimum atomic E-state index is 0.394. The van der Waals surface area contributed by atoms with Crippen molar-refractivity contribution in [1.29, 1.82) is 0 Å². The Labute approximate surface area is 150 Å². The maximum absolute atomic E-state index is 4.86. The number of rotatable bonds is 5. The van der Waals surface area contributed by atoms with Crippen molar-refractivity contribution in [1.82, 2.24) is 24.8 Å². The van der Waals surface area contributed by atoms with Crippen molar-refractivity contribution in [2.24, 2.45) is 10.4 Å². The summed E-state index contributed by atoms with van der Waals surface area (Å²) in [5.41, 5.74) is 1.26. The summed E-state index contributed by atoms with van der Waals surface area (Å²) in [6, 6.07) is 5.94. The SMILES string of the molecule is CCCC1(C)CCCN(C(=NCc2nnc3ccccn23)NCC)C1. The molecule has 1 saturated heterocycles. The standard InChI is InChI=1S/C19H30N6/c1-4-10-19(3)11-8-12-24(15-19)18(20-5-2)21-14-17-23-22-16-9-6-7-13-25(16)17/h6-7,9,13H,4-5,8,10-12,14-15H2,1-3H3,(H,20,21). The van der Waals surface area contributed by atoms with Gasteiger partial charge in [0.15, 0.2) is 17.4 Å². The Morgan fingerprint density at radius 1 is 1.32 bits per heavy atom. The fourth-order valence-corrected chi connectivity index (χ4v) is 3.87. The predicted molar refractivity (Wildman–Crippen MR) is 102 cm³/mol. The smallest absolute Gasteiger partial charge is 0.194 e. The number of likely N-dealkylation sites (tertiary alicyclic amines) is 1. The van der Waals surface area contributed by atoms with Crippen LogP contribution in [0.1, 0.15) is 52.3 Å².